The molecule has 0 fully saturated rings. The molecular formula is C48H46N2O6. The predicted molar refractivity (Wildman–Crippen MR) is 219 cm³/mol. The first-order chi connectivity index (χ1) is 27.3. The molecule has 2 N–H and O–H groups in total. The molecule has 0 unspecified atom stereocenters. The van der Waals surface area contributed by atoms with Gasteiger partial charge in [0, 0.05) is 17.5 Å². The van der Waals surface area contributed by atoms with E-state index in [1.54, 1.807) is 32.4 Å². The maximum Gasteiger partial charge on any atom is 0.407 e. The standard InChI is InChI=1S/C48H46N2O6/c1-5-32-16-20-34(21-17-32)46(33-18-14-31(2)15-19-33)49-45(51)30-55-36-24-22-35(23-25-36)47(42-27-26-37(53-3)28-44(42)54-4)50-48(52)56-29-43-40-12-8-6-10-38(40)39-11-7-9-13-41(39)43/h6-28,43,46-47H,5,29-30H2,1-4H3,(H,49,51)(H,50,52)/t46-,47+/m1/s1. The molecule has 56 heavy (non-hydrogen) atoms. The van der Waals surface area contributed by atoms with Gasteiger partial charge in [-0.3, -0.25) is 4.79 Å². The molecule has 0 bridgehead atoms. The summed E-state index contributed by atoms with van der Waals surface area (Å²) in [6, 6.07) is 44.7. The van der Waals surface area contributed by atoms with E-state index in [1.807, 2.05) is 79.7 Å². The second-order valence-electron chi connectivity index (χ2n) is 13.9. The van der Waals surface area contributed by atoms with Gasteiger partial charge in [0.15, 0.2) is 6.61 Å². The fourth-order valence-electron chi connectivity index (χ4n) is 7.33. The van der Waals surface area contributed by atoms with Crippen LogP contribution < -0.4 is 24.8 Å². The van der Waals surface area contributed by atoms with E-state index in [2.05, 4.69) is 66.1 Å². The number of benzene rings is 6. The number of carbonyl (C=O) groups excluding carboxylic acids is 2. The van der Waals surface area contributed by atoms with Crippen LogP contribution in [0, 0.1) is 6.92 Å². The monoisotopic (exact) mass is 746 g/mol. The Labute approximate surface area is 328 Å². The van der Waals surface area contributed by atoms with Crippen molar-refractivity contribution in [2.75, 3.05) is 27.4 Å². The van der Waals surface area contributed by atoms with Crippen molar-refractivity contribution in [2.45, 2.75) is 38.3 Å². The fraction of sp³-hybridized carbons (Fsp3) is 0.208. The minimum Gasteiger partial charge on any atom is -0.497 e. The number of rotatable bonds is 14. The van der Waals surface area contributed by atoms with E-state index in [4.69, 9.17) is 18.9 Å². The van der Waals surface area contributed by atoms with Crippen molar-refractivity contribution < 1.29 is 28.5 Å². The minimum absolute atomic E-state index is 0.0791. The average molecular weight is 747 g/mol. The van der Waals surface area contributed by atoms with Crippen molar-refractivity contribution in [1.29, 1.82) is 0 Å². The van der Waals surface area contributed by atoms with Gasteiger partial charge in [-0.2, -0.15) is 0 Å². The summed E-state index contributed by atoms with van der Waals surface area (Å²) >= 11 is 0. The van der Waals surface area contributed by atoms with E-state index in [0.717, 1.165) is 50.9 Å². The smallest absolute Gasteiger partial charge is 0.407 e. The minimum atomic E-state index is -0.641. The highest BCUT2D eigenvalue weighted by Gasteiger charge is 2.30. The quantitative estimate of drug-likeness (QED) is 0.115. The van der Waals surface area contributed by atoms with Crippen LogP contribution in [0.15, 0.2) is 140 Å². The van der Waals surface area contributed by atoms with E-state index >= 15 is 0 Å². The van der Waals surface area contributed by atoms with Crippen molar-refractivity contribution in [3.63, 3.8) is 0 Å². The van der Waals surface area contributed by atoms with Crippen LogP contribution in [0.5, 0.6) is 17.2 Å². The van der Waals surface area contributed by atoms with Crippen LogP contribution >= 0.6 is 0 Å². The summed E-state index contributed by atoms with van der Waals surface area (Å²) < 4.78 is 23.1. The Balaban J connectivity index is 1.06. The van der Waals surface area contributed by atoms with Crippen LogP contribution in [-0.4, -0.2) is 39.4 Å². The molecule has 0 spiro atoms. The Morgan fingerprint density at radius 2 is 1.21 bits per heavy atom. The molecule has 2 amide bonds. The zero-order valence-corrected chi connectivity index (χ0v) is 32.1. The van der Waals surface area contributed by atoms with Crippen molar-refractivity contribution in [1.82, 2.24) is 10.6 Å². The third-order valence-corrected chi connectivity index (χ3v) is 10.4. The maximum atomic E-state index is 13.6. The first kappa shape index (κ1) is 37.8. The molecule has 8 nitrogen and oxygen atoms in total. The first-order valence-electron chi connectivity index (χ1n) is 18.9. The molecule has 8 heteroatoms. The third kappa shape index (κ3) is 8.40. The highest BCUT2D eigenvalue weighted by Crippen LogP contribution is 2.44. The summed E-state index contributed by atoms with van der Waals surface area (Å²) in [5.41, 5.74) is 10.4. The molecule has 6 aromatic carbocycles. The Morgan fingerprint density at radius 1 is 0.643 bits per heavy atom. The van der Waals surface area contributed by atoms with Crippen LogP contribution in [0.25, 0.3) is 11.1 Å². The van der Waals surface area contributed by atoms with Gasteiger partial charge in [0.25, 0.3) is 5.91 Å². The third-order valence-electron chi connectivity index (χ3n) is 10.4. The lowest BCUT2D eigenvalue weighted by Crippen LogP contribution is -2.33. The van der Waals surface area contributed by atoms with Gasteiger partial charge in [-0.15, -0.1) is 0 Å². The van der Waals surface area contributed by atoms with Gasteiger partial charge in [0.2, 0.25) is 0 Å². The maximum absolute atomic E-state index is 13.6. The average Bonchev–Trinajstić information content (AvgIpc) is 3.57. The van der Waals surface area contributed by atoms with Gasteiger partial charge in [0.05, 0.1) is 26.3 Å². The number of amides is 2. The largest absolute Gasteiger partial charge is 0.497 e. The van der Waals surface area contributed by atoms with E-state index in [-0.39, 0.29) is 31.1 Å². The van der Waals surface area contributed by atoms with E-state index < -0.39 is 12.1 Å². The zero-order chi connectivity index (χ0) is 39.0. The van der Waals surface area contributed by atoms with Crippen molar-refractivity contribution in [3.8, 4) is 28.4 Å². The number of carbonyl (C=O) groups is 2. The molecule has 0 aliphatic heterocycles. The lowest BCUT2D eigenvalue weighted by atomic mass is 9.96. The zero-order valence-electron chi connectivity index (χ0n) is 32.1. The molecule has 6 aromatic rings. The lowest BCUT2D eigenvalue weighted by molar-refractivity contribution is -0.123. The predicted octanol–water partition coefficient (Wildman–Crippen LogP) is 9.49. The number of aryl methyl sites for hydroxylation is 2. The second-order valence-corrected chi connectivity index (χ2v) is 13.9. The van der Waals surface area contributed by atoms with Gasteiger partial charge >= 0.3 is 6.09 Å². The van der Waals surface area contributed by atoms with Crippen molar-refractivity contribution >= 4 is 12.0 Å². The summed E-state index contributed by atoms with van der Waals surface area (Å²) in [5, 5.41) is 6.24. The number of alkyl carbamates (subject to hydrolysis) is 1. The number of fused-ring (bicyclic) bond motifs is 3. The molecule has 1 aliphatic carbocycles. The summed E-state index contributed by atoms with van der Waals surface area (Å²) in [5.74, 6) is 1.33. The first-order valence-corrected chi connectivity index (χ1v) is 18.9. The topological polar surface area (TPSA) is 95.1 Å². The molecule has 7 rings (SSSR count). The Kier molecular flexibility index (Phi) is 11.7. The van der Waals surface area contributed by atoms with Gasteiger partial charge < -0.3 is 29.6 Å². The van der Waals surface area contributed by atoms with Crippen LogP contribution in [0.4, 0.5) is 4.79 Å². The van der Waals surface area contributed by atoms with E-state index in [9.17, 15) is 9.59 Å². The van der Waals surface area contributed by atoms with Crippen LogP contribution in [0.2, 0.25) is 0 Å². The van der Waals surface area contributed by atoms with E-state index in [1.165, 1.54) is 5.56 Å². The fourth-order valence-corrected chi connectivity index (χ4v) is 7.33. The second kappa shape index (κ2) is 17.3. The molecule has 0 radical (unpaired) electrons. The molecular weight excluding hydrogens is 701 g/mol. The normalized spacial score (nSPS) is 12.8. The van der Waals surface area contributed by atoms with Crippen LogP contribution in [0.3, 0.4) is 0 Å². The summed E-state index contributed by atoms with van der Waals surface area (Å²) in [6.07, 6.45) is 0.369. The lowest BCUT2D eigenvalue weighted by Gasteiger charge is -2.23. The molecule has 0 saturated carbocycles. The number of hydrogen-bond donors (Lipinski definition) is 2. The van der Waals surface area contributed by atoms with Crippen molar-refractivity contribution in [2.24, 2.45) is 0 Å². The highest BCUT2D eigenvalue weighted by atomic mass is 16.5. The molecule has 1 aliphatic rings. The summed E-state index contributed by atoms with van der Waals surface area (Å²) in [7, 11) is 3.17. The highest BCUT2D eigenvalue weighted by molar-refractivity contribution is 5.80. The number of nitrogens with one attached hydrogen (secondary N) is 2. The number of hydrogen-bond acceptors (Lipinski definition) is 6. The molecule has 0 heterocycles. The summed E-state index contributed by atoms with van der Waals surface area (Å²) in [4.78, 5) is 27.0. The van der Waals surface area contributed by atoms with Gasteiger partial charge in [0.1, 0.15) is 23.9 Å². The molecule has 0 aromatic heterocycles. The van der Waals surface area contributed by atoms with Gasteiger partial charge in [-0.1, -0.05) is 122 Å². The summed E-state index contributed by atoms with van der Waals surface area (Å²) in [6.45, 7) is 4.16. The van der Waals surface area contributed by atoms with Gasteiger partial charge in [-0.25, -0.2) is 4.79 Å². The van der Waals surface area contributed by atoms with Crippen molar-refractivity contribution in [3.05, 3.63) is 184 Å². The van der Waals surface area contributed by atoms with Gasteiger partial charge in [-0.05, 0) is 82.1 Å². The number of methoxy groups -OCH3 is 2. The Bertz CT molecular complexity index is 2240. The van der Waals surface area contributed by atoms with E-state index in [0.29, 0.717) is 22.8 Å². The Morgan fingerprint density at radius 3 is 1.82 bits per heavy atom. The molecule has 284 valence electrons. The van der Waals surface area contributed by atoms with Crippen LogP contribution in [0.1, 0.15) is 69.4 Å². The number of ether oxygens (including phenoxy) is 4. The SMILES string of the molecule is CCc1ccc([C@H](NC(=O)COc2ccc([C@H](NC(=O)OCC3c4ccccc4-c4ccccc43)c3ccc(OC)cc3OC)cc2)c2ccc(C)cc2)cc1. The Hall–Kier alpha value is -6.54. The molecule has 0 saturated heterocycles. The van der Waals surface area contributed by atoms with Crippen LogP contribution in [-0.2, 0) is 16.0 Å². The molecule has 2 atom stereocenters.